The molecule has 1 aromatic heterocycles. The Bertz CT molecular complexity index is 1160. The summed E-state index contributed by atoms with van der Waals surface area (Å²) >= 11 is 1.57. The summed E-state index contributed by atoms with van der Waals surface area (Å²) in [5.74, 6) is -0.221. The third kappa shape index (κ3) is 9.11. The number of nitrogens with one attached hydrogen (secondary N) is 2. The first-order chi connectivity index (χ1) is 18.4. The van der Waals surface area contributed by atoms with E-state index in [9.17, 15) is 14.7 Å². The molecule has 204 valence electrons. The van der Waals surface area contributed by atoms with Crippen molar-refractivity contribution < 1.29 is 14.7 Å². The molecule has 3 rings (SSSR count). The minimum Gasteiger partial charge on any atom is -0.480 e. The summed E-state index contributed by atoms with van der Waals surface area (Å²) in [7, 11) is 0. The zero-order valence-electron chi connectivity index (χ0n) is 22.6. The van der Waals surface area contributed by atoms with E-state index in [1.54, 1.807) is 18.0 Å². The number of aromatic nitrogens is 1. The zero-order chi connectivity index (χ0) is 27.3. The minimum absolute atomic E-state index is 0.119. The lowest BCUT2D eigenvalue weighted by atomic mass is 9.97. The number of aliphatic carboxylic acids is 1. The van der Waals surface area contributed by atoms with E-state index in [1.165, 1.54) is 0 Å². The maximum Gasteiger partial charge on any atom is 0.326 e. The first kappa shape index (κ1) is 29.6. The van der Waals surface area contributed by atoms with Gasteiger partial charge in [-0.1, -0.05) is 68.8 Å². The highest BCUT2D eigenvalue weighted by Crippen LogP contribution is 2.21. The molecule has 3 N–H and O–H groups in total. The number of thioether (sulfide) groups is 1. The van der Waals surface area contributed by atoms with E-state index in [4.69, 9.17) is 0 Å². The second kappa shape index (κ2) is 15.5. The van der Waals surface area contributed by atoms with Gasteiger partial charge in [0.1, 0.15) is 6.04 Å². The SMILES string of the molecule is CCC(C)C(CN(CC(=O)NC(CCSC)C(=O)O)Cc1cccc2ccccc12)NCc1cccnc1. The van der Waals surface area contributed by atoms with Gasteiger partial charge in [0, 0.05) is 38.1 Å². The van der Waals surface area contributed by atoms with E-state index in [0.717, 1.165) is 28.3 Å². The highest BCUT2D eigenvalue weighted by Gasteiger charge is 2.24. The molecular formula is C30H40N4O3S. The Morgan fingerprint density at radius 3 is 2.61 bits per heavy atom. The number of amides is 1. The van der Waals surface area contributed by atoms with Gasteiger partial charge in [-0.15, -0.1) is 0 Å². The maximum absolute atomic E-state index is 13.1. The number of carboxylic acids is 1. The number of benzene rings is 2. The van der Waals surface area contributed by atoms with Crippen molar-refractivity contribution in [2.24, 2.45) is 5.92 Å². The first-order valence-electron chi connectivity index (χ1n) is 13.2. The fraction of sp³-hybridized carbons (Fsp3) is 0.433. The van der Waals surface area contributed by atoms with Crippen LogP contribution in [0.4, 0.5) is 0 Å². The monoisotopic (exact) mass is 536 g/mol. The predicted molar refractivity (Wildman–Crippen MR) is 156 cm³/mol. The van der Waals surface area contributed by atoms with Crippen LogP contribution in [0.25, 0.3) is 10.8 Å². The molecule has 7 nitrogen and oxygen atoms in total. The van der Waals surface area contributed by atoms with Crippen LogP contribution in [-0.2, 0) is 22.7 Å². The van der Waals surface area contributed by atoms with Gasteiger partial charge in [0.05, 0.1) is 6.54 Å². The predicted octanol–water partition coefficient (Wildman–Crippen LogP) is 4.56. The number of pyridine rings is 1. The van der Waals surface area contributed by atoms with Gasteiger partial charge >= 0.3 is 5.97 Å². The third-order valence-corrected chi connectivity index (χ3v) is 7.61. The van der Waals surface area contributed by atoms with Crippen molar-refractivity contribution in [1.82, 2.24) is 20.5 Å². The number of hydrogen-bond acceptors (Lipinski definition) is 6. The Morgan fingerprint density at radius 1 is 1.11 bits per heavy atom. The molecule has 3 atom stereocenters. The number of carbonyl (C=O) groups is 2. The number of carbonyl (C=O) groups excluding carboxylic acids is 1. The van der Waals surface area contributed by atoms with E-state index in [0.29, 0.717) is 37.7 Å². The summed E-state index contributed by atoms with van der Waals surface area (Å²) in [5.41, 5.74) is 2.25. The summed E-state index contributed by atoms with van der Waals surface area (Å²) in [6, 6.07) is 17.7. The molecule has 1 heterocycles. The highest BCUT2D eigenvalue weighted by atomic mass is 32.2. The van der Waals surface area contributed by atoms with Crippen molar-refractivity contribution in [2.75, 3.05) is 25.1 Å². The lowest BCUT2D eigenvalue weighted by Crippen LogP contribution is -2.49. The Morgan fingerprint density at radius 2 is 1.89 bits per heavy atom. The van der Waals surface area contributed by atoms with E-state index in [-0.39, 0.29) is 18.5 Å². The molecule has 0 spiro atoms. The van der Waals surface area contributed by atoms with Gasteiger partial charge in [-0.05, 0) is 52.3 Å². The van der Waals surface area contributed by atoms with Crippen LogP contribution >= 0.6 is 11.8 Å². The van der Waals surface area contributed by atoms with E-state index in [2.05, 4.69) is 64.7 Å². The largest absolute Gasteiger partial charge is 0.480 e. The summed E-state index contributed by atoms with van der Waals surface area (Å²) in [4.78, 5) is 31.2. The lowest BCUT2D eigenvalue weighted by molar-refractivity contribution is -0.142. The average molecular weight is 537 g/mol. The summed E-state index contributed by atoms with van der Waals surface area (Å²) in [6.45, 7) is 6.43. The molecule has 3 unspecified atom stereocenters. The van der Waals surface area contributed by atoms with E-state index in [1.807, 2.05) is 36.7 Å². The molecule has 2 aromatic carbocycles. The fourth-order valence-corrected chi connectivity index (χ4v) is 5.02. The number of nitrogens with zero attached hydrogens (tertiary/aromatic N) is 2. The van der Waals surface area contributed by atoms with Crippen LogP contribution in [0.1, 0.15) is 37.8 Å². The average Bonchev–Trinajstić information content (AvgIpc) is 2.93. The summed E-state index contributed by atoms with van der Waals surface area (Å²) < 4.78 is 0. The van der Waals surface area contributed by atoms with E-state index < -0.39 is 12.0 Å². The lowest BCUT2D eigenvalue weighted by Gasteiger charge is -2.32. The number of fused-ring (bicyclic) bond motifs is 1. The van der Waals surface area contributed by atoms with Crippen molar-refractivity contribution in [1.29, 1.82) is 0 Å². The second-order valence-electron chi connectivity index (χ2n) is 9.78. The molecule has 0 saturated carbocycles. The summed E-state index contributed by atoms with van der Waals surface area (Å²) in [5, 5.41) is 18.4. The standard InChI is InChI=1S/C30H40N4O3S/c1-4-22(2)28(32-18-23-9-8-15-31-17-23)20-34(21-29(35)33-27(30(36)37)14-16-38-3)19-25-12-7-11-24-10-5-6-13-26(24)25/h5-13,15,17,22,27-28,32H,4,14,16,18-21H2,1-3H3,(H,33,35)(H,36,37). The molecule has 38 heavy (non-hydrogen) atoms. The molecule has 0 saturated heterocycles. The number of rotatable bonds is 16. The molecule has 8 heteroatoms. The van der Waals surface area contributed by atoms with Crippen molar-refractivity contribution in [3.63, 3.8) is 0 Å². The third-order valence-electron chi connectivity index (χ3n) is 6.96. The smallest absolute Gasteiger partial charge is 0.326 e. The second-order valence-corrected chi connectivity index (χ2v) is 10.8. The quantitative estimate of drug-likeness (QED) is 0.247. The highest BCUT2D eigenvalue weighted by molar-refractivity contribution is 7.98. The Balaban J connectivity index is 1.81. The van der Waals surface area contributed by atoms with Gasteiger partial charge in [0.15, 0.2) is 0 Å². The molecule has 0 aliphatic rings. The molecule has 0 fully saturated rings. The van der Waals surface area contributed by atoms with Gasteiger partial charge in [0.2, 0.25) is 5.91 Å². The van der Waals surface area contributed by atoms with Crippen molar-refractivity contribution >= 4 is 34.4 Å². The van der Waals surface area contributed by atoms with Crippen LogP contribution in [0.3, 0.4) is 0 Å². The Hall–Kier alpha value is -2.94. The van der Waals surface area contributed by atoms with Gasteiger partial charge in [-0.3, -0.25) is 14.7 Å². The first-order valence-corrected chi connectivity index (χ1v) is 14.6. The van der Waals surface area contributed by atoms with Gasteiger partial charge < -0.3 is 15.7 Å². The molecule has 0 radical (unpaired) electrons. The topological polar surface area (TPSA) is 94.6 Å². The minimum atomic E-state index is -0.997. The van der Waals surface area contributed by atoms with Crippen LogP contribution in [0.5, 0.6) is 0 Å². The van der Waals surface area contributed by atoms with Crippen molar-refractivity contribution in [3.8, 4) is 0 Å². The summed E-state index contributed by atoms with van der Waals surface area (Å²) in [6.07, 6.45) is 6.95. The molecule has 1 amide bonds. The molecular weight excluding hydrogens is 496 g/mol. The van der Waals surface area contributed by atoms with Crippen LogP contribution in [0.2, 0.25) is 0 Å². The van der Waals surface area contributed by atoms with Crippen LogP contribution < -0.4 is 10.6 Å². The van der Waals surface area contributed by atoms with Crippen molar-refractivity contribution in [2.45, 2.75) is 51.9 Å². The molecule has 0 aliphatic carbocycles. The maximum atomic E-state index is 13.1. The zero-order valence-corrected chi connectivity index (χ0v) is 23.4. The van der Waals surface area contributed by atoms with Gasteiger partial charge in [-0.2, -0.15) is 11.8 Å². The van der Waals surface area contributed by atoms with Crippen molar-refractivity contribution in [3.05, 3.63) is 78.1 Å². The number of carboxylic acid groups (broad SMARTS) is 1. The Kier molecular flexibility index (Phi) is 12.1. The Labute approximate surface area is 230 Å². The molecule has 0 bridgehead atoms. The van der Waals surface area contributed by atoms with Crippen LogP contribution in [0, 0.1) is 5.92 Å². The van der Waals surface area contributed by atoms with E-state index >= 15 is 0 Å². The van der Waals surface area contributed by atoms with Crippen LogP contribution in [0.15, 0.2) is 67.0 Å². The molecule has 0 aliphatic heterocycles. The van der Waals surface area contributed by atoms with Gasteiger partial charge in [0.25, 0.3) is 0 Å². The van der Waals surface area contributed by atoms with Gasteiger partial charge in [-0.25, -0.2) is 4.79 Å². The normalized spacial score (nSPS) is 13.8. The van der Waals surface area contributed by atoms with Crippen LogP contribution in [-0.4, -0.2) is 64.0 Å². The number of hydrogen-bond donors (Lipinski definition) is 3. The fourth-order valence-electron chi connectivity index (χ4n) is 4.55. The molecule has 3 aromatic rings.